The number of imidazole rings is 1. The van der Waals surface area contributed by atoms with Crippen LogP contribution in [0.25, 0.3) is 0 Å². The molecule has 0 radical (unpaired) electrons. The van der Waals surface area contributed by atoms with Gasteiger partial charge in [0.05, 0.1) is 51.8 Å². The number of nitrogens with one attached hydrogen (secondary N) is 6. The average Bonchev–Trinajstić information content (AvgIpc) is 3.98. The second-order valence-electron chi connectivity index (χ2n) is 21.1. The zero-order valence-electron chi connectivity index (χ0n) is 50.8. The van der Waals surface area contributed by atoms with Crippen LogP contribution in [0.2, 0.25) is 0 Å². The lowest BCUT2D eigenvalue weighted by Crippen LogP contribution is -2.48. The summed E-state index contributed by atoms with van der Waals surface area (Å²) in [5, 5.41) is 31.2. The zero-order valence-corrected chi connectivity index (χ0v) is 50.8. The van der Waals surface area contributed by atoms with Crippen molar-refractivity contribution >= 4 is 53.0 Å². The third kappa shape index (κ3) is 50.8. The average molecular weight is 1180 g/mol. The molecule has 5 amide bonds. The van der Waals surface area contributed by atoms with Crippen molar-refractivity contribution < 1.29 is 72.3 Å². The van der Waals surface area contributed by atoms with E-state index in [4.69, 9.17) is 29.8 Å². The summed E-state index contributed by atoms with van der Waals surface area (Å²) in [6.45, 7) is 8.10. The van der Waals surface area contributed by atoms with E-state index < -0.39 is 35.8 Å². The molecule has 1 aromatic rings. The van der Waals surface area contributed by atoms with Gasteiger partial charge in [0, 0.05) is 70.4 Å². The summed E-state index contributed by atoms with van der Waals surface area (Å²) in [6, 6.07) is -1.82. The minimum atomic E-state index is -1.27. The maximum atomic E-state index is 12.3. The normalized spacial score (nSPS) is 13.1. The maximum Gasteiger partial charge on any atom is 0.326 e. The quantitative estimate of drug-likeness (QED) is 0.0390. The van der Waals surface area contributed by atoms with Crippen LogP contribution in [0.4, 0.5) is 0 Å². The molecule has 0 spiro atoms. The highest BCUT2D eigenvalue weighted by molar-refractivity contribution is 5.89. The SMILES string of the molecule is CC(=O)CCCCCCCCCCCCCCCCCCC(=O)O.CCCOCC(=O)NCCCC[C@H](NCC(=O)CCc1cnc[nH]1)C(N)=O.COCCNC(=O)COCCOCCNC(=O)C[C@@H](NC(=O)C1CCN(C)CC1)C(=O)O. The Balaban J connectivity index is 0.00000123. The molecule has 0 saturated carbocycles. The number of H-pyrrole nitrogens is 1. The monoisotopic (exact) mass is 1180 g/mol. The number of carboxylic acid groups (broad SMARTS) is 2. The number of Topliss-reactive ketones (excluding diaryl/α,β-unsaturated/α-hetero) is 2. The van der Waals surface area contributed by atoms with Crippen LogP contribution in [0.3, 0.4) is 0 Å². The smallest absolute Gasteiger partial charge is 0.326 e. The Kier molecular flexibility index (Phi) is 51.0. The highest BCUT2D eigenvalue weighted by Gasteiger charge is 2.29. The molecule has 1 aliphatic rings. The molecular weight excluding hydrogens is 1070 g/mol. The third-order valence-electron chi connectivity index (χ3n) is 13.5. The number of primary amides is 1. The first-order valence-electron chi connectivity index (χ1n) is 30.5. The number of unbranched alkanes of at least 4 members (excludes halogenated alkanes) is 16. The Morgan fingerprint density at radius 1 is 0.663 bits per heavy atom. The number of rotatable bonds is 51. The molecule has 1 fully saturated rings. The lowest BCUT2D eigenvalue weighted by Gasteiger charge is -2.28. The molecule has 24 nitrogen and oxygen atoms in total. The van der Waals surface area contributed by atoms with Crippen molar-refractivity contribution in [2.75, 3.05) is 99.7 Å². The molecule has 0 unspecified atom stereocenters. The van der Waals surface area contributed by atoms with Gasteiger partial charge < -0.3 is 70.8 Å². The van der Waals surface area contributed by atoms with E-state index in [1.807, 2.05) is 14.0 Å². The third-order valence-corrected chi connectivity index (χ3v) is 13.5. The number of aliphatic carboxylic acids is 2. The van der Waals surface area contributed by atoms with Crippen LogP contribution in [0.15, 0.2) is 12.5 Å². The van der Waals surface area contributed by atoms with E-state index in [0.29, 0.717) is 77.0 Å². The van der Waals surface area contributed by atoms with Gasteiger partial charge in [-0.2, -0.15) is 0 Å². The highest BCUT2D eigenvalue weighted by Crippen LogP contribution is 2.17. The van der Waals surface area contributed by atoms with Crippen LogP contribution in [-0.4, -0.2) is 190 Å². The number of carbonyl (C=O) groups is 9. The molecule has 10 N–H and O–H groups in total. The van der Waals surface area contributed by atoms with E-state index in [0.717, 1.165) is 57.3 Å². The summed E-state index contributed by atoms with van der Waals surface area (Å²) in [4.78, 5) is 112. The van der Waals surface area contributed by atoms with E-state index in [9.17, 15) is 48.3 Å². The molecule has 1 aliphatic heterocycles. The molecule has 24 heteroatoms. The predicted molar refractivity (Wildman–Crippen MR) is 316 cm³/mol. The minimum Gasteiger partial charge on any atom is -0.481 e. The zero-order chi connectivity index (χ0) is 61.6. The lowest BCUT2D eigenvalue weighted by atomic mass is 9.96. The number of aryl methyl sites for hydroxylation is 1. The first-order chi connectivity index (χ1) is 40.0. The number of methoxy groups -OCH3 is 1. The molecule has 2 atom stereocenters. The van der Waals surface area contributed by atoms with Gasteiger partial charge in [-0.05, 0) is 84.8 Å². The molecule has 0 bridgehead atoms. The van der Waals surface area contributed by atoms with E-state index in [1.165, 1.54) is 83.5 Å². The van der Waals surface area contributed by atoms with Crippen molar-refractivity contribution in [2.24, 2.45) is 11.7 Å². The molecular formula is C59H107N9O15. The minimum absolute atomic E-state index is 0.00944. The van der Waals surface area contributed by atoms with E-state index in [1.54, 1.807) is 26.6 Å². The first kappa shape index (κ1) is 77.6. The Morgan fingerprint density at radius 3 is 1.71 bits per heavy atom. The van der Waals surface area contributed by atoms with Gasteiger partial charge in [-0.3, -0.25) is 38.9 Å². The fourth-order valence-electron chi connectivity index (χ4n) is 8.56. The second kappa shape index (κ2) is 54.5. The number of piperidine rings is 1. The van der Waals surface area contributed by atoms with E-state index in [2.05, 4.69) is 41.5 Å². The molecule has 83 heavy (non-hydrogen) atoms. The van der Waals surface area contributed by atoms with Crippen molar-refractivity contribution in [3.8, 4) is 0 Å². The van der Waals surface area contributed by atoms with Gasteiger partial charge >= 0.3 is 11.9 Å². The number of carboxylic acids is 2. The summed E-state index contributed by atoms with van der Waals surface area (Å²) in [6.07, 6.45) is 29.3. The van der Waals surface area contributed by atoms with E-state index in [-0.39, 0.29) is 82.0 Å². The number of hydrogen-bond acceptors (Lipinski definition) is 16. The number of ketones is 2. The van der Waals surface area contributed by atoms with Crippen LogP contribution in [-0.2, 0) is 68.5 Å². The standard InChI is InChI=1S/C21H40O3.C20H36N4O8.C18H31N5O4/c1-20(22)18-16-14-12-10-8-6-4-2-3-5-7-9-11-13-15-17-19-21(23)24;1-24-7-3-15(4-8-24)19(27)23-16(20(28)29)13-17(25)21-6-10-31-11-12-32-14-18(26)22-5-9-30-2;1-2-9-27-12-17(25)21-8-4-3-5-16(18(19)26)22-11-15(24)7-6-14-10-20-13-23-14/h2-19H2,1H3,(H,23,24);15-16H,3-14H2,1-2H3,(H,21,25)(H,22,26)(H,23,27)(H,28,29);10,13,16,22H,2-9,11-12H2,1H3,(H2,19,26)(H,20,23)(H,21,25)/t;2*16-/m.10/s1. The lowest BCUT2D eigenvalue weighted by molar-refractivity contribution is -0.144. The molecule has 0 aromatic carbocycles. The first-order valence-corrected chi connectivity index (χ1v) is 30.5. The van der Waals surface area contributed by atoms with Gasteiger partial charge in [0.1, 0.15) is 30.8 Å². The molecule has 478 valence electrons. The van der Waals surface area contributed by atoms with Gasteiger partial charge in [0.15, 0.2) is 0 Å². The predicted octanol–water partition coefficient (Wildman–Crippen LogP) is 4.95. The molecule has 2 rings (SSSR count). The van der Waals surface area contributed by atoms with Crippen molar-refractivity contribution in [1.82, 2.24) is 41.5 Å². The Hall–Kier alpha value is -5.40. The summed E-state index contributed by atoms with van der Waals surface area (Å²) >= 11 is 0. The van der Waals surface area contributed by atoms with Gasteiger partial charge in [-0.1, -0.05) is 96.8 Å². The van der Waals surface area contributed by atoms with Gasteiger partial charge in [0.25, 0.3) is 0 Å². The topological polar surface area (TPSA) is 349 Å². The summed E-state index contributed by atoms with van der Waals surface area (Å²) in [5.41, 5.74) is 6.29. The number of nitrogens with two attached hydrogens (primary N) is 1. The summed E-state index contributed by atoms with van der Waals surface area (Å²) in [7, 11) is 3.52. The van der Waals surface area contributed by atoms with Crippen molar-refractivity contribution in [2.45, 2.75) is 199 Å². The summed E-state index contributed by atoms with van der Waals surface area (Å²) in [5.74, 6) is -3.49. The van der Waals surface area contributed by atoms with Crippen LogP contribution < -0.4 is 32.3 Å². The molecule has 1 saturated heterocycles. The van der Waals surface area contributed by atoms with Crippen LogP contribution in [0.1, 0.15) is 186 Å². The van der Waals surface area contributed by atoms with Gasteiger partial charge in [-0.25, -0.2) is 9.78 Å². The fraction of sp³-hybridized carbons (Fsp3) is 0.797. The fourth-order valence-corrected chi connectivity index (χ4v) is 8.56. The Labute approximate surface area is 494 Å². The number of aromatic nitrogens is 2. The van der Waals surface area contributed by atoms with E-state index >= 15 is 0 Å². The van der Waals surface area contributed by atoms with Crippen molar-refractivity contribution in [3.63, 3.8) is 0 Å². The Morgan fingerprint density at radius 2 is 1.19 bits per heavy atom. The van der Waals surface area contributed by atoms with Crippen LogP contribution in [0, 0.1) is 5.92 Å². The van der Waals surface area contributed by atoms with Crippen molar-refractivity contribution in [1.29, 1.82) is 0 Å². The van der Waals surface area contributed by atoms with Crippen molar-refractivity contribution in [3.05, 3.63) is 18.2 Å². The van der Waals surface area contributed by atoms with Gasteiger partial charge in [-0.15, -0.1) is 0 Å². The Bertz CT molecular complexity index is 1840. The summed E-state index contributed by atoms with van der Waals surface area (Å²) < 4.78 is 20.4. The molecule has 1 aromatic heterocycles. The number of carbonyl (C=O) groups excluding carboxylic acids is 7. The second-order valence-corrected chi connectivity index (χ2v) is 21.1. The molecule has 0 aliphatic carbocycles. The van der Waals surface area contributed by atoms with Crippen LogP contribution in [0.5, 0.6) is 0 Å². The maximum absolute atomic E-state index is 12.3. The number of nitrogens with zero attached hydrogens (tertiary/aromatic N) is 2. The van der Waals surface area contributed by atoms with Crippen LogP contribution >= 0.6 is 0 Å². The highest BCUT2D eigenvalue weighted by atomic mass is 16.5. The number of aromatic amines is 1. The number of hydrogen-bond donors (Lipinski definition) is 9. The largest absolute Gasteiger partial charge is 0.481 e. The number of ether oxygens (including phenoxy) is 4. The molecule has 2 heterocycles. The number of likely N-dealkylation sites (tertiary alicyclic amines) is 1. The van der Waals surface area contributed by atoms with Gasteiger partial charge in [0.2, 0.25) is 29.5 Å². The number of amides is 5.